The molecular formula is C18H23F3N4O. The Morgan fingerprint density at radius 3 is 2.62 bits per heavy atom. The smallest absolute Gasteiger partial charge is 0.374 e. The van der Waals surface area contributed by atoms with Gasteiger partial charge in [0.1, 0.15) is 5.82 Å². The van der Waals surface area contributed by atoms with Gasteiger partial charge in [-0.25, -0.2) is 0 Å². The first-order valence-electron chi connectivity index (χ1n) is 8.85. The van der Waals surface area contributed by atoms with Crippen molar-refractivity contribution in [2.24, 2.45) is 0 Å². The summed E-state index contributed by atoms with van der Waals surface area (Å²) < 4.78 is 45.2. The van der Waals surface area contributed by atoms with Crippen LogP contribution in [-0.4, -0.2) is 46.7 Å². The predicted molar refractivity (Wildman–Crippen MR) is 92.2 cm³/mol. The summed E-state index contributed by atoms with van der Waals surface area (Å²) in [5.74, 6) is 1.48. The van der Waals surface area contributed by atoms with Crippen molar-refractivity contribution in [1.82, 2.24) is 14.8 Å². The molecule has 1 aromatic carbocycles. The number of anilines is 1. The van der Waals surface area contributed by atoms with Gasteiger partial charge >= 0.3 is 6.18 Å². The molecule has 1 unspecified atom stereocenters. The molecule has 0 amide bonds. The van der Waals surface area contributed by atoms with Crippen LogP contribution < -0.4 is 4.90 Å². The Balaban J connectivity index is 1.69. The lowest BCUT2D eigenvalue weighted by Gasteiger charge is -2.33. The van der Waals surface area contributed by atoms with Gasteiger partial charge in [0.25, 0.3) is 0 Å². The van der Waals surface area contributed by atoms with E-state index >= 15 is 0 Å². The molecule has 0 radical (unpaired) electrons. The Bertz CT molecular complexity index is 702. The lowest BCUT2D eigenvalue weighted by atomic mass is 10.1. The highest BCUT2D eigenvalue weighted by Gasteiger charge is 2.35. The van der Waals surface area contributed by atoms with Gasteiger partial charge in [-0.05, 0) is 18.9 Å². The second-order valence-electron chi connectivity index (χ2n) is 6.40. The summed E-state index contributed by atoms with van der Waals surface area (Å²) in [5.41, 5.74) is 1.22. The van der Waals surface area contributed by atoms with E-state index in [1.165, 1.54) is 5.56 Å². The Morgan fingerprint density at radius 2 is 1.92 bits per heavy atom. The van der Waals surface area contributed by atoms with Crippen LogP contribution in [0.1, 0.15) is 24.7 Å². The Morgan fingerprint density at radius 1 is 1.15 bits per heavy atom. The number of halogens is 3. The van der Waals surface area contributed by atoms with E-state index in [-0.39, 0.29) is 13.2 Å². The van der Waals surface area contributed by atoms with Crippen LogP contribution in [0, 0.1) is 0 Å². The second kappa shape index (κ2) is 8.07. The minimum atomic E-state index is -4.23. The van der Waals surface area contributed by atoms with E-state index in [0.29, 0.717) is 19.0 Å². The molecule has 142 valence electrons. The molecule has 0 N–H and O–H groups in total. The van der Waals surface area contributed by atoms with E-state index < -0.39 is 18.7 Å². The third-order valence-electron chi connectivity index (χ3n) is 4.48. The van der Waals surface area contributed by atoms with Crippen molar-refractivity contribution in [2.45, 2.75) is 45.0 Å². The largest absolute Gasteiger partial charge is 0.391 e. The van der Waals surface area contributed by atoms with Gasteiger partial charge in [0.05, 0.1) is 19.1 Å². The number of alkyl halides is 3. The van der Waals surface area contributed by atoms with Crippen LogP contribution in [0.3, 0.4) is 0 Å². The molecular weight excluding hydrogens is 345 g/mol. The third-order valence-corrected chi connectivity index (χ3v) is 4.48. The fourth-order valence-corrected chi connectivity index (χ4v) is 3.25. The van der Waals surface area contributed by atoms with Crippen LogP contribution >= 0.6 is 0 Å². The number of morpholine rings is 1. The molecule has 0 saturated carbocycles. The predicted octanol–water partition coefficient (Wildman–Crippen LogP) is 3.24. The first-order chi connectivity index (χ1) is 12.5. The molecule has 1 aromatic heterocycles. The monoisotopic (exact) mass is 368 g/mol. The van der Waals surface area contributed by atoms with Crippen molar-refractivity contribution in [3.8, 4) is 0 Å². The fourth-order valence-electron chi connectivity index (χ4n) is 3.25. The van der Waals surface area contributed by atoms with Gasteiger partial charge in [0.2, 0.25) is 5.95 Å². The van der Waals surface area contributed by atoms with E-state index in [1.54, 1.807) is 0 Å². The van der Waals surface area contributed by atoms with Crippen molar-refractivity contribution in [3.05, 3.63) is 41.7 Å². The molecule has 26 heavy (non-hydrogen) atoms. The third kappa shape index (κ3) is 4.75. The molecule has 1 aliphatic heterocycles. The lowest BCUT2D eigenvalue weighted by molar-refractivity contribution is -0.161. The zero-order valence-electron chi connectivity index (χ0n) is 14.7. The maximum atomic E-state index is 12.6. The summed E-state index contributed by atoms with van der Waals surface area (Å²) >= 11 is 0. The number of hydrogen-bond acceptors (Lipinski definition) is 4. The van der Waals surface area contributed by atoms with Gasteiger partial charge in [-0.2, -0.15) is 13.2 Å². The van der Waals surface area contributed by atoms with Gasteiger partial charge in [-0.3, -0.25) is 4.57 Å². The number of ether oxygens (including phenoxy) is 1. The van der Waals surface area contributed by atoms with Gasteiger partial charge in [0.15, 0.2) is 0 Å². The normalized spacial score (nSPS) is 18.3. The van der Waals surface area contributed by atoms with Gasteiger partial charge < -0.3 is 9.64 Å². The molecule has 1 fully saturated rings. The average Bonchev–Trinajstić information content (AvgIpc) is 3.02. The van der Waals surface area contributed by atoms with E-state index in [2.05, 4.69) is 22.3 Å². The maximum absolute atomic E-state index is 12.6. The van der Waals surface area contributed by atoms with Gasteiger partial charge in [-0.1, -0.05) is 30.3 Å². The van der Waals surface area contributed by atoms with E-state index in [4.69, 9.17) is 4.74 Å². The van der Waals surface area contributed by atoms with E-state index in [0.717, 1.165) is 18.7 Å². The minimum Gasteiger partial charge on any atom is -0.374 e. The van der Waals surface area contributed by atoms with Crippen molar-refractivity contribution >= 4 is 5.95 Å². The van der Waals surface area contributed by atoms with Crippen LogP contribution in [-0.2, 0) is 24.1 Å². The highest BCUT2D eigenvalue weighted by Crippen LogP contribution is 2.26. The first-order valence-corrected chi connectivity index (χ1v) is 8.85. The number of aromatic nitrogens is 3. The molecule has 0 spiro atoms. The molecule has 1 aliphatic rings. The summed E-state index contributed by atoms with van der Waals surface area (Å²) in [5, 5.41) is 8.54. The molecule has 1 saturated heterocycles. The molecule has 2 aromatic rings. The topological polar surface area (TPSA) is 43.2 Å². The van der Waals surface area contributed by atoms with Gasteiger partial charge in [0, 0.05) is 26.1 Å². The zero-order chi connectivity index (χ0) is 18.6. The van der Waals surface area contributed by atoms with E-state index in [1.807, 2.05) is 34.6 Å². The summed E-state index contributed by atoms with van der Waals surface area (Å²) in [6, 6.07) is 10.1. The Labute approximate surface area is 150 Å². The fraction of sp³-hybridized carbons (Fsp3) is 0.556. The van der Waals surface area contributed by atoms with Crippen molar-refractivity contribution in [2.75, 3.05) is 24.6 Å². The quantitative estimate of drug-likeness (QED) is 0.785. The van der Waals surface area contributed by atoms with Crippen molar-refractivity contribution in [1.29, 1.82) is 0 Å². The lowest BCUT2D eigenvalue weighted by Crippen LogP contribution is -2.45. The number of benzene rings is 1. The number of rotatable bonds is 6. The summed E-state index contributed by atoms with van der Waals surface area (Å²) in [6.45, 7) is 3.62. The van der Waals surface area contributed by atoms with Crippen molar-refractivity contribution in [3.63, 3.8) is 0 Å². The van der Waals surface area contributed by atoms with Crippen LogP contribution in [0.15, 0.2) is 30.3 Å². The molecule has 1 atom stereocenters. The summed E-state index contributed by atoms with van der Waals surface area (Å²) in [7, 11) is 0. The molecule has 2 heterocycles. The molecule has 5 nitrogen and oxygen atoms in total. The summed E-state index contributed by atoms with van der Waals surface area (Å²) in [4.78, 5) is 1.85. The Kier molecular flexibility index (Phi) is 5.80. The summed E-state index contributed by atoms with van der Waals surface area (Å²) in [6.07, 6.45) is -4.45. The highest BCUT2D eigenvalue weighted by molar-refractivity contribution is 5.32. The average molecular weight is 368 g/mol. The van der Waals surface area contributed by atoms with Crippen LogP contribution in [0.25, 0.3) is 0 Å². The van der Waals surface area contributed by atoms with Crippen LogP contribution in [0.2, 0.25) is 0 Å². The van der Waals surface area contributed by atoms with Gasteiger partial charge in [-0.15, -0.1) is 10.2 Å². The van der Waals surface area contributed by atoms with Crippen LogP contribution in [0.4, 0.5) is 19.1 Å². The highest BCUT2D eigenvalue weighted by atomic mass is 19.4. The first kappa shape index (κ1) is 18.7. The number of nitrogens with zero attached hydrogens (tertiary/aromatic N) is 4. The SMILES string of the molecule is CCn1c(CCc2ccccc2)nnc1N1CCOC(CC(F)(F)F)C1. The number of hydrogen-bond donors (Lipinski definition) is 0. The Hall–Kier alpha value is -2.09. The minimum absolute atomic E-state index is 0.177. The van der Waals surface area contributed by atoms with Crippen LogP contribution in [0.5, 0.6) is 0 Å². The maximum Gasteiger partial charge on any atom is 0.391 e. The standard InChI is InChI=1S/C18H23F3N4O/c1-2-25-16(9-8-14-6-4-3-5-7-14)22-23-17(25)24-10-11-26-15(13-24)12-18(19,20)21/h3-7,15H,2,8-13H2,1H3. The molecule has 8 heteroatoms. The zero-order valence-corrected chi connectivity index (χ0v) is 14.7. The number of aryl methyl sites for hydroxylation is 2. The molecule has 3 rings (SSSR count). The van der Waals surface area contributed by atoms with E-state index in [9.17, 15) is 13.2 Å². The molecule has 0 bridgehead atoms. The second-order valence-corrected chi connectivity index (χ2v) is 6.40. The van der Waals surface area contributed by atoms with Crippen molar-refractivity contribution < 1.29 is 17.9 Å². The molecule has 0 aliphatic carbocycles.